The monoisotopic (exact) mass is 513 g/mol. The minimum atomic E-state index is -3.17. The molecule has 0 unspecified atom stereocenters. The predicted molar refractivity (Wildman–Crippen MR) is 130 cm³/mol. The maximum Gasteiger partial charge on any atom is 0.271 e. The minimum absolute atomic E-state index is 0.158. The smallest absolute Gasteiger partial charge is 0.271 e. The molecule has 1 amide bonds. The SMILES string of the molecule is CC(=O)N[C@@](c1ccc(F)c(F)c1)(c1ccc(CN2CC3(C2)CN(c2ccc(C)nc2)C3)cn1)C(F)F. The summed E-state index contributed by atoms with van der Waals surface area (Å²) in [5.74, 6) is -3.21. The van der Waals surface area contributed by atoms with Gasteiger partial charge in [-0.15, -0.1) is 0 Å². The highest BCUT2D eigenvalue weighted by molar-refractivity contribution is 5.75. The average Bonchev–Trinajstić information content (AvgIpc) is 2.81. The average molecular weight is 514 g/mol. The Bertz CT molecular complexity index is 1290. The molecule has 2 fully saturated rings. The van der Waals surface area contributed by atoms with Crippen LogP contribution in [0.25, 0.3) is 0 Å². The molecule has 2 aromatic heterocycles. The molecule has 1 aromatic carbocycles. The van der Waals surface area contributed by atoms with E-state index in [0.29, 0.717) is 12.6 Å². The molecule has 10 heteroatoms. The maximum atomic E-state index is 14.5. The predicted octanol–water partition coefficient (Wildman–Crippen LogP) is 4.03. The maximum absolute atomic E-state index is 14.5. The van der Waals surface area contributed by atoms with E-state index in [-0.39, 0.29) is 16.7 Å². The summed E-state index contributed by atoms with van der Waals surface area (Å²) in [5.41, 5.74) is 0.321. The van der Waals surface area contributed by atoms with E-state index in [1.54, 1.807) is 6.07 Å². The number of carbonyl (C=O) groups is 1. The first-order chi connectivity index (χ1) is 17.6. The number of carbonyl (C=O) groups excluding carboxylic acids is 1. The van der Waals surface area contributed by atoms with E-state index < -0.39 is 29.5 Å². The fourth-order valence-electron chi connectivity index (χ4n) is 5.41. The molecule has 1 spiro atoms. The highest BCUT2D eigenvalue weighted by Gasteiger charge is 2.51. The molecule has 0 aliphatic carbocycles. The van der Waals surface area contributed by atoms with E-state index in [2.05, 4.69) is 31.2 Å². The number of pyridine rings is 2. The Hall–Kier alpha value is -3.53. The lowest BCUT2D eigenvalue weighted by molar-refractivity contribution is -0.122. The van der Waals surface area contributed by atoms with Crippen molar-refractivity contribution in [1.29, 1.82) is 0 Å². The number of likely N-dealkylation sites (tertiary alicyclic amines) is 1. The van der Waals surface area contributed by atoms with Crippen LogP contribution in [0.2, 0.25) is 0 Å². The topological polar surface area (TPSA) is 61.4 Å². The van der Waals surface area contributed by atoms with Crippen LogP contribution in [0, 0.1) is 24.0 Å². The van der Waals surface area contributed by atoms with Gasteiger partial charge < -0.3 is 10.2 Å². The summed E-state index contributed by atoms with van der Waals surface area (Å²) in [7, 11) is 0. The van der Waals surface area contributed by atoms with Gasteiger partial charge in [-0.1, -0.05) is 12.1 Å². The minimum Gasteiger partial charge on any atom is -0.369 e. The van der Waals surface area contributed by atoms with Crippen molar-refractivity contribution in [1.82, 2.24) is 20.2 Å². The molecule has 1 atom stereocenters. The molecule has 2 aliphatic rings. The first-order valence-corrected chi connectivity index (χ1v) is 12.0. The van der Waals surface area contributed by atoms with Crippen molar-refractivity contribution in [2.75, 3.05) is 31.1 Å². The lowest BCUT2D eigenvalue weighted by atomic mass is 9.72. The van der Waals surface area contributed by atoms with Crippen molar-refractivity contribution in [3.63, 3.8) is 0 Å². The van der Waals surface area contributed by atoms with Crippen LogP contribution in [-0.2, 0) is 16.9 Å². The van der Waals surface area contributed by atoms with Crippen LogP contribution in [0.4, 0.5) is 23.2 Å². The van der Waals surface area contributed by atoms with Crippen molar-refractivity contribution in [3.8, 4) is 0 Å². The van der Waals surface area contributed by atoms with Crippen molar-refractivity contribution in [3.05, 3.63) is 89.0 Å². The van der Waals surface area contributed by atoms with E-state index in [4.69, 9.17) is 0 Å². The first kappa shape index (κ1) is 25.1. The summed E-state index contributed by atoms with van der Waals surface area (Å²) in [5, 5.41) is 2.24. The highest BCUT2D eigenvalue weighted by atomic mass is 19.3. The number of aryl methyl sites for hydroxylation is 1. The normalized spacial score (nSPS) is 18.3. The van der Waals surface area contributed by atoms with Crippen LogP contribution >= 0.6 is 0 Å². The molecule has 0 bridgehead atoms. The standard InChI is InChI=1S/C27H27F4N5O/c1-17-3-6-21(11-32-17)36-15-26(16-36)13-35(14-26)12-19-4-8-24(33-10-19)27(25(30)31,34-18(2)37)20-5-7-22(28)23(29)9-20/h3-11,25H,12-16H2,1-2H3,(H,34,37)/t27-/m0/s1. The number of hydrogen-bond acceptors (Lipinski definition) is 5. The number of halogens is 4. The summed E-state index contributed by atoms with van der Waals surface area (Å²) in [4.78, 5) is 25.1. The third kappa shape index (κ3) is 4.66. The van der Waals surface area contributed by atoms with Gasteiger partial charge in [0.1, 0.15) is 0 Å². The highest BCUT2D eigenvalue weighted by Crippen LogP contribution is 2.42. The number of nitrogens with one attached hydrogen (secondary N) is 1. The lowest BCUT2D eigenvalue weighted by Gasteiger charge is -2.61. The molecular formula is C27H27F4N5O. The van der Waals surface area contributed by atoms with Crippen molar-refractivity contribution in [2.45, 2.75) is 32.4 Å². The second-order valence-corrected chi connectivity index (χ2v) is 10.1. The Kier molecular flexibility index (Phi) is 6.39. The Balaban J connectivity index is 1.27. The lowest BCUT2D eigenvalue weighted by Crippen LogP contribution is -2.71. The van der Waals surface area contributed by atoms with E-state index in [1.165, 1.54) is 12.3 Å². The van der Waals surface area contributed by atoms with Crippen LogP contribution in [-0.4, -0.2) is 53.4 Å². The van der Waals surface area contributed by atoms with Gasteiger partial charge in [0.15, 0.2) is 17.2 Å². The third-order valence-electron chi connectivity index (χ3n) is 7.14. The van der Waals surface area contributed by atoms with Gasteiger partial charge in [-0.3, -0.25) is 19.7 Å². The third-order valence-corrected chi connectivity index (χ3v) is 7.14. The molecule has 0 radical (unpaired) electrons. The molecule has 194 valence electrons. The summed E-state index contributed by atoms with van der Waals surface area (Å²) >= 11 is 0. The second kappa shape index (κ2) is 9.41. The van der Waals surface area contributed by atoms with Gasteiger partial charge in [0, 0.05) is 57.0 Å². The molecule has 3 aromatic rings. The number of benzene rings is 1. The van der Waals surface area contributed by atoms with E-state index in [0.717, 1.165) is 62.2 Å². The van der Waals surface area contributed by atoms with Gasteiger partial charge in [0.25, 0.3) is 6.43 Å². The van der Waals surface area contributed by atoms with Crippen molar-refractivity contribution in [2.24, 2.45) is 5.41 Å². The summed E-state index contributed by atoms with van der Waals surface area (Å²) in [6.45, 7) is 7.43. The fourth-order valence-corrected chi connectivity index (χ4v) is 5.41. The number of rotatable bonds is 7. The van der Waals surface area contributed by atoms with Gasteiger partial charge in [-0.25, -0.2) is 17.6 Å². The zero-order valence-electron chi connectivity index (χ0n) is 20.5. The van der Waals surface area contributed by atoms with Crippen LogP contribution in [0.5, 0.6) is 0 Å². The van der Waals surface area contributed by atoms with E-state index >= 15 is 0 Å². The number of alkyl halides is 2. The Morgan fingerprint density at radius 3 is 2.35 bits per heavy atom. The van der Waals surface area contributed by atoms with Crippen LogP contribution in [0.15, 0.2) is 54.9 Å². The van der Waals surface area contributed by atoms with Crippen LogP contribution in [0.1, 0.15) is 29.4 Å². The molecule has 1 N–H and O–H groups in total. The molecule has 37 heavy (non-hydrogen) atoms. The van der Waals surface area contributed by atoms with E-state index in [1.807, 2.05) is 19.2 Å². The summed E-state index contributed by atoms with van der Waals surface area (Å²) in [6.07, 6.45) is 0.219. The fraction of sp³-hybridized carbons (Fsp3) is 0.370. The largest absolute Gasteiger partial charge is 0.369 e. The molecule has 2 aliphatic heterocycles. The number of hydrogen-bond donors (Lipinski definition) is 1. The zero-order chi connectivity index (χ0) is 26.4. The Labute approximate surface area is 212 Å². The number of anilines is 1. The Morgan fingerprint density at radius 2 is 1.78 bits per heavy atom. The number of nitrogens with zero attached hydrogens (tertiary/aromatic N) is 4. The first-order valence-electron chi connectivity index (χ1n) is 12.0. The molecule has 4 heterocycles. The molecular weight excluding hydrogens is 486 g/mol. The van der Waals surface area contributed by atoms with Gasteiger partial charge >= 0.3 is 0 Å². The van der Waals surface area contributed by atoms with Crippen molar-refractivity contribution >= 4 is 11.6 Å². The van der Waals surface area contributed by atoms with Gasteiger partial charge in [0.2, 0.25) is 5.91 Å². The molecule has 6 nitrogen and oxygen atoms in total. The number of amides is 1. The number of aromatic nitrogens is 2. The van der Waals surface area contributed by atoms with E-state index in [9.17, 15) is 22.4 Å². The summed E-state index contributed by atoms with van der Waals surface area (Å²) in [6, 6.07) is 9.63. The van der Waals surface area contributed by atoms with Crippen LogP contribution < -0.4 is 10.2 Å². The quantitative estimate of drug-likeness (QED) is 0.484. The van der Waals surface area contributed by atoms with Crippen molar-refractivity contribution < 1.29 is 22.4 Å². The van der Waals surface area contributed by atoms with Gasteiger partial charge in [-0.2, -0.15) is 0 Å². The van der Waals surface area contributed by atoms with Gasteiger partial charge in [-0.05, 0) is 48.4 Å². The Morgan fingerprint density at radius 1 is 1.03 bits per heavy atom. The van der Waals surface area contributed by atoms with Crippen LogP contribution in [0.3, 0.4) is 0 Å². The molecule has 5 rings (SSSR count). The summed E-state index contributed by atoms with van der Waals surface area (Å²) < 4.78 is 56.5. The zero-order valence-corrected chi connectivity index (χ0v) is 20.5. The molecule has 0 saturated carbocycles. The second-order valence-electron chi connectivity index (χ2n) is 10.1. The van der Waals surface area contributed by atoms with Gasteiger partial charge in [0.05, 0.1) is 17.6 Å². The molecule has 2 saturated heterocycles.